The summed E-state index contributed by atoms with van der Waals surface area (Å²) >= 11 is 0. The van der Waals surface area contributed by atoms with E-state index in [1.807, 2.05) is 37.3 Å². The molecule has 2 rings (SSSR count). The van der Waals surface area contributed by atoms with Crippen molar-refractivity contribution < 1.29 is 14.3 Å². The van der Waals surface area contributed by atoms with Crippen LogP contribution in [0, 0.1) is 0 Å². The standard InChI is InChI=1S/C14H18N2O3/c1-11(12-5-3-2-4-6-12)15-13(17)14(18)16-7-9-19-10-8-16/h2-6,11H,7-10H2,1H3,(H,15,17). The molecule has 1 fully saturated rings. The third kappa shape index (κ3) is 3.54. The predicted octanol–water partition coefficient (Wildman–Crippen LogP) is 0.723. The number of hydrogen-bond donors (Lipinski definition) is 1. The molecule has 1 aromatic rings. The Balaban J connectivity index is 1.91. The molecule has 5 nitrogen and oxygen atoms in total. The van der Waals surface area contributed by atoms with Gasteiger partial charge >= 0.3 is 11.8 Å². The lowest BCUT2D eigenvalue weighted by molar-refractivity contribution is -0.148. The van der Waals surface area contributed by atoms with Crippen molar-refractivity contribution in [2.24, 2.45) is 0 Å². The number of nitrogens with zero attached hydrogens (tertiary/aromatic N) is 1. The van der Waals surface area contributed by atoms with Crippen molar-refractivity contribution in [2.75, 3.05) is 26.3 Å². The van der Waals surface area contributed by atoms with Gasteiger partial charge in [0.05, 0.1) is 19.3 Å². The Labute approximate surface area is 112 Å². The molecule has 1 aliphatic heterocycles. The maximum atomic E-state index is 11.9. The van der Waals surface area contributed by atoms with Crippen molar-refractivity contribution in [3.63, 3.8) is 0 Å². The summed E-state index contributed by atoms with van der Waals surface area (Å²) in [7, 11) is 0. The first kappa shape index (κ1) is 13.5. The Morgan fingerprint density at radius 1 is 1.21 bits per heavy atom. The number of hydrogen-bond acceptors (Lipinski definition) is 3. The highest BCUT2D eigenvalue weighted by Gasteiger charge is 2.24. The smallest absolute Gasteiger partial charge is 0.312 e. The minimum atomic E-state index is -0.557. The van der Waals surface area contributed by atoms with Gasteiger partial charge in [0.1, 0.15) is 0 Å². The van der Waals surface area contributed by atoms with E-state index in [-0.39, 0.29) is 6.04 Å². The molecule has 1 aliphatic rings. The van der Waals surface area contributed by atoms with Gasteiger partial charge in [0.25, 0.3) is 0 Å². The van der Waals surface area contributed by atoms with E-state index in [4.69, 9.17) is 4.74 Å². The SMILES string of the molecule is CC(NC(=O)C(=O)N1CCOCC1)c1ccccc1. The molecule has 0 radical (unpaired) electrons. The molecule has 1 saturated heterocycles. The third-order valence-electron chi connectivity index (χ3n) is 3.14. The van der Waals surface area contributed by atoms with E-state index in [9.17, 15) is 9.59 Å². The van der Waals surface area contributed by atoms with Crippen LogP contribution in [0.2, 0.25) is 0 Å². The van der Waals surface area contributed by atoms with Gasteiger partial charge in [-0.2, -0.15) is 0 Å². The monoisotopic (exact) mass is 262 g/mol. The van der Waals surface area contributed by atoms with Crippen LogP contribution in [0.1, 0.15) is 18.5 Å². The molecule has 1 N–H and O–H groups in total. The summed E-state index contributed by atoms with van der Waals surface area (Å²) in [6.07, 6.45) is 0. The van der Waals surface area contributed by atoms with Gasteiger partial charge in [0.2, 0.25) is 0 Å². The summed E-state index contributed by atoms with van der Waals surface area (Å²) in [6.45, 7) is 3.80. The van der Waals surface area contributed by atoms with Crippen molar-refractivity contribution in [2.45, 2.75) is 13.0 Å². The Kier molecular flexibility index (Phi) is 4.52. The molecule has 5 heteroatoms. The van der Waals surface area contributed by atoms with E-state index >= 15 is 0 Å². The van der Waals surface area contributed by atoms with Crippen LogP contribution in [-0.4, -0.2) is 43.0 Å². The van der Waals surface area contributed by atoms with Gasteiger partial charge in [0, 0.05) is 13.1 Å². The number of carbonyl (C=O) groups is 2. The summed E-state index contributed by atoms with van der Waals surface area (Å²) in [4.78, 5) is 25.3. The van der Waals surface area contributed by atoms with Gasteiger partial charge in [-0.3, -0.25) is 9.59 Å². The molecule has 2 amide bonds. The van der Waals surface area contributed by atoms with Gasteiger partial charge in [-0.25, -0.2) is 0 Å². The lowest BCUT2D eigenvalue weighted by Crippen LogP contribution is -2.48. The summed E-state index contributed by atoms with van der Waals surface area (Å²) in [5.41, 5.74) is 0.977. The topological polar surface area (TPSA) is 58.6 Å². The van der Waals surface area contributed by atoms with Gasteiger partial charge in [0.15, 0.2) is 0 Å². The fraction of sp³-hybridized carbons (Fsp3) is 0.429. The Morgan fingerprint density at radius 2 is 1.84 bits per heavy atom. The lowest BCUT2D eigenvalue weighted by Gasteiger charge is -2.26. The number of carbonyl (C=O) groups excluding carboxylic acids is 2. The van der Waals surface area contributed by atoms with Gasteiger partial charge in [-0.15, -0.1) is 0 Å². The molecule has 0 aromatic heterocycles. The largest absolute Gasteiger partial charge is 0.378 e. The van der Waals surface area contributed by atoms with E-state index in [1.165, 1.54) is 4.90 Å². The van der Waals surface area contributed by atoms with Crippen LogP contribution in [0.4, 0.5) is 0 Å². The number of amides is 2. The highest BCUT2D eigenvalue weighted by Crippen LogP contribution is 2.11. The van der Waals surface area contributed by atoms with E-state index < -0.39 is 11.8 Å². The molecule has 1 heterocycles. The Hall–Kier alpha value is -1.88. The van der Waals surface area contributed by atoms with Crippen LogP contribution in [0.5, 0.6) is 0 Å². The van der Waals surface area contributed by atoms with E-state index in [2.05, 4.69) is 5.32 Å². The quantitative estimate of drug-likeness (QED) is 0.799. The molecule has 1 aromatic carbocycles. The second kappa shape index (κ2) is 6.33. The Bertz CT molecular complexity index is 441. The fourth-order valence-electron chi connectivity index (χ4n) is 1.99. The zero-order valence-corrected chi connectivity index (χ0v) is 11.0. The first-order valence-corrected chi connectivity index (χ1v) is 6.41. The van der Waals surface area contributed by atoms with E-state index in [1.54, 1.807) is 0 Å². The summed E-state index contributed by atoms with van der Waals surface area (Å²) in [5, 5.41) is 2.72. The molecule has 1 atom stereocenters. The molecule has 19 heavy (non-hydrogen) atoms. The molecular formula is C14H18N2O3. The highest BCUT2D eigenvalue weighted by atomic mass is 16.5. The van der Waals surface area contributed by atoms with Gasteiger partial charge < -0.3 is 15.0 Å². The van der Waals surface area contributed by atoms with Crippen molar-refractivity contribution in [3.05, 3.63) is 35.9 Å². The average molecular weight is 262 g/mol. The van der Waals surface area contributed by atoms with Gasteiger partial charge in [-0.05, 0) is 12.5 Å². The zero-order chi connectivity index (χ0) is 13.7. The van der Waals surface area contributed by atoms with Crippen LogP contribution in [-0.2, 0) is 14.3 Å². The summed E-state index contributed by atoms with van der Waals surface area (Å²) in [6, 6.07) is 9.38. The fourth-order valence-corrected chi connectivity index (χ4v) is 1.99. The number of benzene rings is 1. The number of ether oxygens (including phenoxy) is 1. The van der Waals surface area contributed by atoms with Crippen LogP contribution in [0.25, 0.3) is 0 Å². The first-order valence-electron chi connectivity index (χ1n) is 6.41. The number of morpholine rings is 1. The second-order valence-electron chi connectivity index (χ2n) is 4.51. The number of nitrogens with one attached hydrogen (secondary N) is 1. The normalized spacial score (nSPS) is 16.8. The molecule has 102 valence electrons. The molecule has 0 spiro atoms. The first-order chi connectivity index (χ1) is 9.18. The third-order valence-corrected chi connectivity index (χ3v) is 3.14. The molecule has 0 aliphatic carbocycles. The minimum Gasteiger partial charge on any atom is -0.378 e. The van der Waals surface area contributed by atoms with Crippen LogP contribution in [0.3, 0.4) is 0 Å². The average Bonchev–Trinajstić information content (AvgIpc) is 2.48. The molecule has 1 unspecified atom stereocenters. The summed E-state index contributed by atoms with van der Waals surface area (Å²) < 4.78 is 5.15. The minimum absolute atomic E-state index is 0.182. The maximum absolute atomic E-state index is 11.9. The van der Waals surface area contributed by atoms with Crippen LogP contribution >= 0.6 is 0 Å². The van der Waals surface area contributed by atoms with Crippen LogP contribution in [0.15, 0.2) is 30.3 Å². The highest BCUT2D eigenvalue weighted by molar-refractivity contribution is 6.35. The molecule has 0 bridgehead atoms. The van der Waals surface area contributed by atoms with Crippen molar-refractivity contribution >= 4 is 11.8 Å². The number of rotatable bonds is 2. The maximum Gasteiger partial charge on any atom is 0.312 e. The lowest BCUT2D eigenvalue weighted by atomic mass is 10.1. The second-order valence-corrected chi connectivity index (χ2v) is 4.51. The summed E-state index contributed by atoms with van der Waals surface area (Å²) in [5.74, 6) is -1.04. The van der Waals surface area contributed by atoms with Crippen LogP contribution < -0.4 is 5.32 Å². The van der Waals surface area contributed by atoms with E-state index in [0.29, 0.717) is 26.3 Å². The molecular weight excluding hydrogens is 244 g/mol. The van der Waals surface area contributed by atoms with Gasteiger partial charge in [-0.1, -0.05) is 30.3 Å². The Morgan fingerprint density at radius 3 is 2.47 bits per heavy atom. The van der Waals surface area contributed by atoms with Crippen molar-refractivity contribution in [3.8, 4) is 0 Å². The van der Waals surface area contributed by atoms with Crippen molar-refractivity contribution in [1.29, 1.82) is 0 Å². The van der Waals surface area contributed by atoms with E-state index in [0.717, 1.165) is 5.56 Å². The molecule has 0 saturated carbocycles. The zero-order valence-electron chi connectivity index (χ0n) is 11.0. The predicted molar refractivity (Wildman–Crippen MR) is 70.4 cm³/mol. The van der Waals surface area contributed by atoms with Crippen molar-refractivity contribution in [1.82, 2.24) is 10.2 Å².